The smallest absolute Gasteiger partial charge is 0.324 e. The van der Waals surface area contributed by atoms with Gasteiger partial charge in [-0.2, -0.15) is 5.26 Å². The van der Waals surface area contributed by atoms with E-state index in [9.17, 15) is 0 Å². The van der Waals surface area contributed by atoms with Crippen molar-refractivity contribution in [3.05, 3.63) is 47.7 Å². The van der Waals surface area contributed by atoms with Crippen molar-refractivity contribution in [1.29, 1.82) is 5.26 Å². The minimum absolute atomic E-state index is 0.204. The number of hydrogen-bond donors (Lipinski definition) is 2. The lowest BCUT2D eigenvalue weighted by Gasteiger charge is -2.12. The lowest BCUT2D eigenvalue weighted by molar-refractivity contribution is 0.294. The first kappa shape index (κ1) is 18.1. The van der Waals surface area contributed by atoms with Crippen LogP contribution in [0.2, 0.25) is 11.6 Å². The summed E-state index contributed by atoms with van der Waals surface area (Å²) in [7, 11) is -0.883. The average molecular weight is 365 g/mol. The molecule has 0 aliphatic heterocycles. The first-order chi connectivity index (χ1) is 12.3. The second kappa shape index (κ2) is 7.28. The Morgan fingerprint density at radius 2 is 2.08 bits per heavy atom. The fraction of sp³-hybridized carbons (Fsp3) is 0.316. The highest BCUT2D eigenvalue weighted by Gasteiger charge is 2.38. The second-order valence-electron chi connectivity index (χ2n) is 7.20. The highest BCUT2D eigenvalue weighted by Crippen LogP contribution is 2.28. The fourth-order valence-electron chi connectivity index (χ4n) is 2.30. The van der Waals surface area contributed by atoms with Gasteiger partial charge < -0.3 is 10.3 Å². The molecule has 0 amide bonds. The van der Waals surface area contributed by atoms with E-state index in [1.54, 1.807) is 18.3 Å². The molecule has 0 aliphatic rings. The Bertz CT molecular complexity index is 954. The van der Waals surface area contributed by atoms with Crippen molar-refractivity contribution < 1.29 is 4.43 Å². The number of nitrogens with one attached hydrogen (secondary N) is 2. The molecule has 0 radical (unpaired) electrons. The van der Waals surface area contributed by atoms with E-state index < -0.39 is 9.04 Å². The second-order valence-corrected chi connectivity index (χ2v) is 10.1. The van der Waals surface area contributed by atoms with Crippen molar-refractivity contribution in [3.8, 4) is 6.07 Å². The summed E-state index contributed by atoms with van der Waals surface area (Å²) in [6, 6.07) is 11.4. The molecule has 0 fully saturated rings. The van der Waals surface area contributed by atoms with Crippen LogP contribution in [0.4, 0.5) is 11.8 Å². The van der Waals surface area contributed by atoms with E-state index in [0.29, 0.717) is 23.9 Å². The number of nitrogens with zero attached hydrogens (tertiary/aromatic N) is 3. The van der Waals surface area contributed by atoms with E-state index in [1.807, 2.05) is 18.2 Å². The Balaban J connectivity index is 1.71. The number of nitriles is 1. The Morgan fingerprint density at radius 1 is 1.27 bits per heavy atom. The number of hydrogen-bond acceptors (Lipinski definition) is 5. The van der Waals surface area contributed by atoms with Gasteiger partial charge in [0.25, 0.3) is 0 Å². The number of pyridine rings is 1. The number of aromatic amines is 1. The molecule has 0 spiro atoms. The summed E-state index contributed by atoms with van der Waals surface area (Å²) < 4.78 is 6.06. The van der Waals surface area contributed by atoms with Crippen molar-refractivity contribution in [3.63, 3.8) is 0 Å². The molecule has 0 bridgehead atoms. The highest BCUT2D eigenvalue weighted by atomic mass is 28.3. The van der Waals surface area contributed by atoms with Crippen molar-refractivity contribution in [1.82, 2.24) is 15.0 Å². The number of benzene rings is 1. The Morgan fingerprint density at radius 3 is 2.81 bits per heavy atom. The average Bonchev–Trinajstić information content (AvgIpc) is 3.00. The molecule has 0 saturated carbocycles. The standard InChI is InChI=1S/C19H22N5OSi/c1-19(2,3)26(4)25-12-14-7-8-21-17(10-14)24-18-22-15-6-5-13(11-20)9-16(15)23-18/h5-10H,12H2,1-4H3,(H2,21,22,23,24)/q+1. The molecule has 0 saturated heterocycles. The first-order valence-corrected chi connectivity index (χ1v) is 10.3. The van der Waals surface area contributed by atoms with Gasteiger partial charge in [0.05, 0.1) is 29.2 Å². The molecule has 0 atom stereocenters. The van der Waals surface area contributed by atoms with Gasteiger partial charge in [-0.15, -0.1) is 0 Å². The zero-order valence-corrected chi connectivity index (χ0v) is 16.4. The summed E-state index contributed by atoms with van der Waals surface area (Å²) in [5.74, 6) is 1.29. The lowest BCUT2D eigenvalue weighted by Crippen LogP contribution is -2.25. The molecule has 132 valence electrons. The van der Waals surface area contributed by atoms with E-state index in [4.69, 9.17) is 9.69 Å². The number of imidazole rings is 1. The summed E-state index contributed by atoms with van der Waals surface area (Å²) in [4.78, 5) is 12.0. The zero-order chi connectivity index (χ0) is 18.7. The molecular formula is C19H22N5OSi+. The summed E-state index contributed by atoms with van der Waals surface area (Å²) in [5.41, 5.74) is 3.28. The number of rotatable bonds is 5. The van der Waals surface area contributed by atoms with E-state index in [-0.39, 0.29) is 5.04 Å². The quantitative estimate of drug-likeness (QED) is 0.650. The molecular weight excluding hydrogens is 342 g/mol. The lowest BCUT2D eigenvalue weighted by atomic mass is 10.2. The summed E-state index contributed by atoms with van der Waals surface area (Å²) in [5, 5.41) is 12.4. The Labute approximate surface area is 155 Å². The molecule has 6 nitrogen and oxygen atoms in total. The molecule has 1 aromatic carbocycles. The molecule has 2 aromatic heterocycles. The van der Waals surface area contributed by atoms with Crippen LogP contribution < -0.4 is 5.32 Å². The molecule has 7 heteroatoms. The SMILES string of the molecule is C[Si+](OCc1ccnc(Nc2nc3ccc(C#N)cc3[nH]2)c1)C(C)(C)C. The number of fused-ring (bicyclic) bond motifs is 1. The molecule has 26 heavy (non-hydrogen) atoms. The van der Waals surface area contributed by atoms with Crippen LogP contribution in [0.5, 0.6) is 0 Å². The maximum absolute atomic E-state index is 8.99. The number of H-pyrrole nitrogens is 1. The van der Waals surface area contributed by atoms with E-state index >= 15 is 0 Å². The van der Waals surface area contributed by atoms with Gasteiger partial charge in [-0.3, -0.25) is 0 Å². The molecule has 3 aromatic rings. The van der Waals surface area contributed by atoms with Gasteiger partial charge >= 0.3 is 9.04 Å². The van der Waals surface area contributed by atoms with E-state index in [0.717, 1.165) is 16.6 Å². The maximum atomic E-state index is 8.99. The monoisotopic (exact) mass is 364 g/mol. The zero-order valence-electron chi connectivity index (χ0n) is 15.4. The summed E-state index contributed by atoms with van der Waals surface area (Å²) >= 11 is 0. The van der Waals surface area contributed by atoms with Crippen molar-refractivity contribution >= 4 is 31.8 Å². The largest absolute Gasteiger partial charge is 0.476 e. The predicted molar refractivity (Wildman–Crippen MR) is 104 cm³/mol. The summed E-state index contributed by atoms with van der Waals surface area (Å²) in [6.07, 6.45) is 1.76. The van der Waals surface area contributed by atoms with Gasteiger partial charge in [0.2, 0.25) is 5.95 Å². The van der Waals surface area contributed by atoms with Gasteiger partial charge in [0, 0.05) is 6.20 Å². The number of aromatic nitrogens is 3. The van der Waals surface area contributed by atoms with Gasteiger partial charge in [0.1, 0.15) is 17.5 Å². The summed E-state index contributed by atoms with van der Waals surface area (Å²) in [6.45, 7) is 9.39. The van der Waals surface area contributed by atoms with E-state index in [1.165, 1.54) is 0 Å². The van der Waals surface area contributed by atoms with Crippen LogP contribution in [0.1, 0.15) is 31.9 Å². The van der Waals surface area contributed by atoms with Crippen molar-refractivity contribution in [2.45, 2.75) is 39.0 Å². The third-order valence-electron chi connectivity index (χ3n) is 4.19. The van der Waals surface area contributed by atoms with Crippen molar-refractivity contribution in [2.75, 3.05) is 5.32 Å². The normalized spacial score (nSPS) is 11.3. The molecule has 3 rings (SSSR count). The predicted octanol–water partition coefficient (Wildman–Crippen LogP) is 4.51. The topological polar surface area (TPSA) is 86.6 Å². The third-order valence-corrected chi connectivity index (χ3v) is 6.88. The minimum atomic E-state index is -0.883. The van der Waals surface area contributed by atoms with E-state index in [2.05, 4.69) is 53.7 Å². The van der Waals surface area contributed by atoms with Crippen molar-refractivity contribution in [2.24, 2.45) is 0 Å². The highest BCUT2D eigenvalue weighted by molar-refractivity contribution is 6.53. The maximum Gasteiger partial charge on any atom is 0.476 e. The number of anilines is 2. The fourth-order valence-corrected chi connectivity index (χ4v) is 3.12. The Kier molecular flexibility index (Phi) is 5.07. The van der Waals surface area contributed by atoms with Crippen LogP contribution in [0.3, 0.4) is 0 Å². The Hall–Kier alpha value is -2.69. The van der Waals surface area contributed by atoms with Gasteiger partial charge in [-0.25, -0.2) is 14.4 Å². The molecule has 2 heterocycles. The minimum Gasteiger partial charge on any atom is -0.324 e. The third kappa shape index (κ3) is 4.28. The molecule has 0 unspecified atom stereocenters. The molecule has 2 N–H and O–H groups in total. The van der Waals surface area contributed by atoms with Crippen LogP contribution in [0, 0.1) is 11.3 Å². The van der Waals surface area contributed by atoms with Crippen LogP contribution in [-0.2, 0) is 11.0 Å². The van der Waals surface area contributed by atoms with Gasteiger partial charge in [-0.05, 0) is 56.7 Å². The van der Waals surface area contributed by atoms with Gasteiger partial charge in [-0.1, -0.05) is 0 Å². The van der Waals surface area contributed by atoms with Crippen LogP contribution in [0.15, 0.2) is 36.5 Å². The van der Waals surface area contributed by atoms with Crippen LogP contribution in [0.25, 0.3) is 11.0 Å². The van der Waals surface area contributed by atoms with Gasteiger partial charge in [0.15, 0.2) is 0 Å². The van der Waals surface area contributed by atoms with Crippen LogP contribution >= 0.6 is 0 Å². The molecule has 0 aliphatic carbocycles. The first-order valence-electron chi connectivity index (χ1n) is 8.44. The van der Waals surface area contributed by atoms with Crippen LogP contribution in [-0.4, -0.2) is 24.0 Å².